The van der Waals surface area contributed by atoms with E-state index in [9.17, 15) is 4.79 Å². The van der Waals surface area contributed by atoms with Gasteiger partial charge in [0, 0.05) is 16.3 Å². The van der Waals surface area contributed by atoms with Gasteiger partial charge in [0.2, 0.25) is 5.90 Å². The molecule has 0 unspecified atom stereocenters. The third-order valence-electron chi connectivity index (χ3n) is 2.98. The number of cyclic esters (lactones) is 1. The first-order valence-corrected chi connectivity index (χ1v) is 6.64. The SMILES string of the molecule is Nc1ccccc1/C=C1\N=C(c2cccc(Cl)c2)OC1=O. The Labute approximate surface area is 126 Å². The number of nitrogen functional groups attached to an aromatic ring is 1. The van der Waals surface area contributed by atoms with Crippen LogP contribution in [0.1, 0.15) is 11.1 Å². The van der Waals surface area contributed by atoms with Crippen molar-refractivity contribution in [1.29, 1.82) is 0 Å². The van der Waals surface area contributed by atoms with Crippen LogP contribution in [0, 0.1) is 0 Å². The van der Waals surface area contributed by atoms with Crippen LogP contribution in [0.15, 0.2) is 59.2 Å². The van der Waals surface area contributed by atoms with Crippen LogP contribution in [0.25, 0.3) is 6.08 Å². The van der Waals surface area contributed by atoms with E-state index in [1.807, 2.05) is 18.2 Å². The molecule has 5 heteroatoms. The molecule has 0 saturated heterocycles. The molecule has 1 heterocycles. The van der Waals surface area contributed by atoms with Gasteiger partial charge < -0.3 is 10.5 Å². The van der Waals surface area contributed by atoms with Gasteiger partial charge >= 0.3 is 5.97 Å². The van der Waals surface area contributed by atoms with Crippen LogP contribution in [0.2, 0.25) is 5.02 Å². The molecule has 0 radical (unpaired) electrons. The number of carbonyl (C=O) groups is 1. The lowest BCUT2D eigenvalue weighted by Crippen LogP contribution is -2.05. The predicted octanol–water partition coefficient (Wildman–Crippen LogP) is 3.27. The maximum absolute atomic E-state index is 11.9. The van der Waals surface area contributed by atoms with Gasteiger partial charge in [-0.3, -0.25) is 0 Å². The highest BCUT2D eigenvalue weighted by molar-refractivity contribution is 6.31. The Morgan fingerprint density at radius 1 is 1.14 bits per heavy atom. The topological polar surface area (TPSA) is 64.7 Å². The highest BCUT2D eigenvalue weighted by Gasteiger charge is 2.24. The zero-order valence-electron chi connectivity index (χ0n) is 10.9. The predicted molar refractivity (Wildman–Crippen MR) is 82.9 cm³/mol. The Kier molecular flexibility index (Phi) is 3.46. The van der Waals surface area contributed by atoms with Crippen molar-refractivity contribution in [3.05, 3.63) is 70.4 Å². The monoisotopic (exact) mass is 298 g/mol. The number of nitrogens with zero attached hydrogens (tertiary/aromatic N) is 1. The number of esters is 1. The second-order valence-electron chi connectivity index (χ2n) is 4.48. The van der Waals surface area contributed by atoms with E-state index in [-0.39, 0.29) is 11.6 Å². The van der Waals surface area contributed by atoms with Gasteiger partial charge in [0.05, 0.1) is 0 Å². The second kappa shape index (κ2) is 5.42. The summed E-state index contributed by atoms with van der Waals surface area (Å²) < 4.78 is 5.17. The maximum Gasteiger partial charge on any atom is 0.363 e. The molecule has 3 rings (SSSR count). The van der Waals surface area contributed by atoms with Crippen LogP contribution >= 0.6 is 11.6 Å². The van der Waals surface area contributed by atoms with Crippen molar-refractivity contribution in [1.82, 2.24) is 0 Å². The van der Waals surface area contributed by atoms with Crippen LogP contribution in [0.4, 0.5) is 5.69 Å². The molecule has 0 atom stereocenters. The number of rotatable bonds is 2. The first kappa shape index (κ1) is 13.4. The summed E-state index contributed by atoms with van der Waals surface area (Å²) in [6.07, 6.45) is 1.61. The minimum absolute atomic E-state index is 0.211. The van der Waals surface area contributed by atoms with Crippen molar-refractivity contribution in [2.45, 2.75) is 0 Å². The summed E-state index contributed by atoms with van der Waals surface area (Å²) in [5.74, 6) is -0.267. The molecule has 0 amide bonds. The average Bonchev–Trinajstić information content (AvgIpc) is 2.83. The van der Waals surface area contributed by atoms with Crippen LogP contribution in [-0.2, 0) is 9.53 Å². The molecule has 0 spiro atoms. The number of hydrogen-bond acceptors (Lipinski definition) is 4. The van der Waals surface area contributed by atoms with E-state index in [1.165, 1.54) is 0 Å². The number of benzene rings is 2. The first-order valence-electron chi connectivity index (χ1n) is 6.26. The molecule has 0 aliphatic carbocycles. The zero-order valence-corrected chi connectivity index (χ0v) is 11.7. The number of aliphatic imine (C=N–C) groups is 1. The molecule has 104 valence electrons. The summed E-state index contributed by atoms with van der Waals surface area (Å²) in [5, 5.41) is 0.552. The van der Waals surface area contributed by atoms with Gasteiger partial charge in [-0.2, -0.15) is 0 Å². The largest absolute Gasteiger partial charge is 0.402 e. The van der Waals surface area contributed by atoms with E-state index >= 15 is 0 Å². The fraction of sp³-hybridized carbons (Fsp3) is 0. The Hall–Kier alpha value is -2.59. The van der Waals surface area contributed by atoms with Crippen molar-refractivity contribution in [3.63, 3.8) is 0 Å². The molecule has 4 nitrogen and oxygen atoms in total. The molecular formula is C16H11ClN2O2. The van der Waals surface area contributed by atoms with Gasteiger partial charge in [0.1, 0.15) is 0 Å². The number of carbonyl (C=O) groups excluding carboxylic acids is 1. The van der Waals surface area contributed by atoms with Gasteiger partial charge in [-0.25, -0.2) is 9.79 Å². The molecule has 2 aromatic carbocycles. The molecule has 1 aliphatic rings. The highest BCUT2D eigenvalue weighted by atomic mass is 35.5. The zero-order chi connectivity index (χ0) is 14.8. The van der Waals surface area contributed by atoms with Crippen LogP contribution in [-0.4, -0.2) is 11.9 Å². The van der Waals surface area contributed by atoms with E-state index in [1.54, 1.807) is 36.4 Å². The van der Waals surface area contributed by atoms with Gasteiger partial charge in [0.25, 0.3) is 0 Å². The molecule has 0 aromatic heterocycles. The summed E-state index contributed by atoms with van der Waals surface area (Å²) >= 11 is 5.92. The fourth-order valence-electron chi connectivity index (χ4n) is 1.94. The Morgan fingerprint density at radius 3 is 2.71 bits per heavy atom. The van der Waals surface area contributed by atoms with Crippen molar-refractivity contribution in [2.75, 3.05) is 5.73 Å². The fourth-order valence-corrected chi connectivity index (χ4v) is 2.13. The molecular weight excluding hydrogens is 288 g/mol. The number of hydrogen-bond donors (Lipinski definition) is 1. The van der Waals surface area contributed by atoms with E-state index in [2.05, 4.69) is 4.99 Å². The van der Waals surface area contributed by atoms with Crippen molar-refractivity contribution >= 4 is 35.2 Å². The minimum atomic E-state index is -0.506. The maximum atomic E-state index is 11.9. The summed E-state index contributed by atoms with van der Waals surface area (Å²) in [6, 6.07) is 14.2. The van der Waals surface area contributed by atoms with E-state index in [4.69, 9.17) is 22.1 Å². The summed E-state index contributed by atoms with van der Waals surface area (Å²) in [7, 11) is 0. The van der Waals surface area contributed by atoms with Crippen molar-refractivity contribution in [2.24, 2.45) is 4.99 Å². The summed E-state index contributed by atoms with van der Waals surface area (Å²) in [5.41, 5.74) is 8.01. The minimum Gasteiger partial charge on any atom is -0.402 e. The average molecular weight is 299 g/mol. The van der Waals surface area contributed by atoms with Crippen LogP contribution in [0.5, 0.6) is 0 Å². The number of para-hydroxylation sites is 1. The Morgan fingerprint density at radius 2 is 1.95 bits per heavy atom. The van der Waals surface area contributed by atoms with Crippen LogP contribution < -0.4 is 5.73 Å². The normalized spacial score (nSPS) is 16.0. The molecule has 1 aliphatic heterocycles. The van der Waals surface area contributed by atoms with Gasteiger partial charge in [0.15, 0.2) is 5.70 Å². The lowest BCUT2D eigenvalue weighted by molar-refractivity contribution is -0.129. The lowest BCUT2D eigenvalue weighted by atomic mass is 10.1. The molecule has 0 fully saturated rings. The quantitative estimate of drug-likeness (QED) is 0.526. The third-order valence-corrected chi connectivity index (χ3v) is 3.22. The third kappa shape index (κ3) is 2.80. The number of nitrogens with two attached hydrogens (primary N) is 1. The van der Waals surface area contributed by atoms with Crippen molar-refractivity contribution in [3.8, 4) is 0 Å². The number of ether oxygens (including phenoxy) is 1. The summed E-state index contributed by atoms with van der Waals surface area (Å²) in [6.45, 7) is 0. The summed E-state index contributed by atoms with van der Waals surface area (Å²) in [4.78, 5) is 16.1. The molecule has 2 N–H and O–H groups in total. The molecule has 2 aromatic rings. The number of anilines is 1. The highest BCUT2D eigenvalue weighted by Crippen LogP contribution is 2.22. The second-order valence-corrected chi connectivity index (χ2v) is 4.91. The van der Waals surface area contributed by atoms with E-state index in [0.717, 1.165) is 5.56 Å². The molecule has 21 heavy (non-hydrogen) atoms. The van der Waals surface area contributed by atoms with Gasteiger partial charge in [-0.1, -0.05) is 35.9 Å². The smallest absolute Gasteiger partial charge is 0.363 e. The van der Waals surface area contributed by atoms with Crippen LogP contribution in [0.3, 0.4) is 0 Å². The van der Waals surface area contributed by atoms with E-state index < -0.39 is 5.97 Å². The Balaban J connectivity index is 1.98. The first-order chi connectivity index (χ1) is 10.1. The molecule has 0 bridgehead atoms. The van der Waals surface area contributed by atoms with E-state index in [0.29, 0.717) is 16.3 Å². The van der Waals surface area contributed by atoms with Gasteiger partial charge in [-0.05, 0) is 35.9 Å². The van der Waals surface area contributed by atoms with Crippen molar-refractivity contribution < 1.29 is 9.53 Å². The standard InChI is InChI=1S/C16H11ClN2O2/c17-12-6-3-5-11(8-12)15-19-14(16(20)21-15)9-10-4-1-2-7-13(10)18/h1-9H,18H2/b14-9-. The lowest BCUT2D eigenvalue weighted by Gasteiger charge is -1.99. The van der Waals surface area contributed by atoms with Gasteiger partial charge in [-0.15, -0.1) is 0 Å². The molecule has 0 saturated carbocycles. The Bertz CT molecular complexity index is 781. The number of halogens is 1.